The second kappa shape index (κ2) is 3.91. The summed E-state index contributed by atoms with van der Waals surface area (Å²) in [6.45, 7) is 2.82. The topological polar surface area (TPSA) is 18.5 Å². The summed E-state index contributed by atoms with van der Waals surface area (Å²) >= 11 is 0. The molecule has 2 heteroatoms. The monoisotopic (exact) mass is 284 g/mol. The Labute approximate surface area is 126 Å². The van der Waals surface area contributed by atoms with Crippen LogP contribution in [0.1, 0.15) is 56.6 Å². The molecule has 5 rings (SSSR count). The van der Waals surface area contributed by atoms with Gasteiger partial charge in [-0.3, -0.25) is 0 Å². The molecule has 1 aromatic rings. The van der Waals surface area contributed by atoms with Crippen LogP contribution in [0.25, 0.3) is 0 Å². The van der Waals surface area contributed by atoms with Crippen LogP contribution >= 0.6 is 0 Å². The van der Waals surface area contributed by atoms with Crippen LogP contribution in [-0.4, -0.2) is 12.2 Å². The normalized spacial score (nSPS) is 41.7. The van der Waals surface area contributed by atoms with Crippen molar-refractivity contribution in [1.29, 1.82) is 0 Å². The zero-order valence-corrected chi connectivity index (χ0v) is 12.9. The average Bonchev–Trinajstić information content (AvgIpc) is 3.18. The molecular weight excluding hydrogens is 260 g/mol. The molecule has 0 amide bonds. The maximum absolute atomic E-state index is 6.80. The summed E-state index contributed by atoms with van der Waals surface area (Å²) < 4.78 is 13.1. The quantitative estimate of drug-likeness (QED) is 0.811. The Kier molecular flexibility index (Phi) is 2.36. The highest BCUT2D eigenvalue weighted by molar-refractivity contribution is 5.39. The molecule has 21 heavy (non-hydrogen) atoms. The molecule has 0 unspecified atom stereocenters. The number of fused-ring (bicyclic) bond motifs is 4. The molecule has 1 saturated heterocycles. The van der Waals surface area contributed by atoms with Crippen LogP contribution in [0.3, 0.4) is 0 Å². The predicted molar refractivity (Wildman–Crippen MR) is 80.9 cm³/mol. The largest absolute Gasteiger partial charge is 0.346 e. The fourth-order valence-electron chi connectivity index (χ4n) is 5.75. The highest BCUT2D eigenvalue weighted by Crippen LogP contribution is 2.71. The maximum Gasteiger partial charge on any atom is 0.196 e. The number of ether oxygens (including phenoxy) is 2. The van der Waals surface area contributed by atoms with E-state index in [0.717, 1.165) is 19.4 Å². The van der Waals surface area contributed by atoms with Gasteiger partial charge in [0.15, 0.2) is 5.79 Å². The van der Waals surface area contributed by atoms with E-state index in [1.165, 1.54) is 43.2 Å². The molecule has 4 aliphatic rings. The third-order valence-corrected chi connectivity index (χ3v) is 6.68. The summed E-state index contributed by atoms with van der Waals surface area (Å²) in [5.41, 5.74) is 3.44. The SMILES string of the molecule is CCO[C@]12C[C@H]3C4(CCC[C@@]3(Cc3ccccc31)O2)CC4. The molecular formula is C19H24O2. The minimum atomic E-state index is -0.450. The second-order valence-electron chi connectivity index (χ2n) is 7.66. The first-order chi connectivity index (χ1) is 10.2. The third-order valence-electron chi connectivity index (χ3n) is 6.68. The maximum atomic E-state index is 6.80. The third kappa shape index (κ3) is 1.50. The summed E-state index contributed by atoms with van der Waals surface area (Å²) in [4.78, 5) is 0. The van der Waals surface area contributed by atoms with Gasteiger partial charge in [-0.2, -0.15) is 0 Å². The van der Waals surface area contributed by atoms with E-state index >= 15 is 0 Å². The van der Waals surface area contributed by atoms with E-state index in [0.29, 0.717) is 11.3 Å². The van der Waals surface area contributed by atoms with Crippen LogP contribution < -0.4 is 0 Å². The Morgan fingerprint density at radius 2 is 2.05 bits per heavy atom. The van der Waals surface area contributed by atoms with Gasteiger partial charge in [0.05, 0.1) is 5.60 Å². The second-order valence-corrected chi connectivity index (χ2v) is 7.66. The summed E-state index contributed by atoms with van der Waals surface area (Å²) in [5, 5.41) is 0. The summed E-state index contributed by atoms with van der Waals surface area (Å²) in [7, 11) is 0. The van der Waals surface area contributed by atoms with Crippen molar-refractivity contribution in [3.8, 4) is 0 Å². The average molecular weight is 284 g/mol. The predicted octanol–water partition coefficient (Wildman–Crippen LogP) is 4.17. The Balaban J connectivity index is 1.67. The summed E-state index contributed by atoms with van der Waals surface area (Å²) in [6.07, 6.45) is 9.00. The van der Waals surface area contributed by atoms with Crippen molar-refractivity contribution < 1.29 is 9.47 Å². The van der Waals surface area contributed by atoms with Crippen LogP contribution in [0.5, 0.6) is 0 Å². The van der Waals surface area contributed by atoms with E-state index in [4.69, 9.17) is 9.47 Å². The lowest BCUT2D eigenvalue weighted by atomic mass is 9.65. The molecule has 2 aliphatic heterocycles. The molecule has 2 bridgehead atoms. The zero-order chi connectivity index (χ0) is 14.1. The molecule has 0 N–H and O–H groups in total. The van der Waals surface area contributed by atoms with Gasteiger partial charge >= 0.3 is 0 Å². The molecule has 0 aromatic heterocycles. The van der Waals surface area contributed by atoms with E-state index in [9.17, 15) is 0 Å². The number of hydrogen-bond donors (Lipinski definition) is 0. The number of hydrogen-bond acceptors (Lipinski definition) is 2. The molecule has 2 saturated carbocycles. The van der Waals surface area contributed by atoms with Gasteiger partial charge in [0.2, 0.25) is 0 Å². The number of rotatable bonds is 2. The van der Waals surface area contributed by atoms with Crippen molar-refractivity contribution in [3.05, 3.63) is 35.4 Å². The summed E-state index contributed by atoms with van der Waals surface area (Å²) in [6, 6.07) is 8.83. The standard InChI is InChI=1S/C19H24O2/c1-2-20-19-13-16-17(10-11-17)8-5-9-18(16,21-19)12-14-6-3-4-7-15(14)19/h3-4,6-7,16H,2,5,8-13H2,1H3/t16-,18-,19-/m0/s1. The first-order valence-corrected chi connectivity index (χ1v) is 8.65. The summed E-state index contributed by atoms with van der Waals surface area (Å²) in [5.74, 6) is 0.256. The van der Waals surface area contributed by atoms with Gasteiger partial charge in [0, 0.05) is 25.0 Å². The van der Waals surface area contributed by atoms with Gasteiger partial charge in [-0.25, -0.2) is 0 Å². The lowest BCUT2D eigenvalue weighted by Crippen LogP contribution is -2.48. The molecule has 1 aromatic carbocycles. The van der Waals surface area contributed by atoms with Gasteiger partial charge in [-0.15, -0.1) is 0 Å². The van der Waals surface area contributed by atoms with Crippen molar-refractivity contribution in [1.82, 2.24) is 0 Å². The van der Waals surface area contributed by atoms with Gasteiger partial charge in [0.25, 0.3) is 0 Å². The zero-order valence-electron chi connectivity index (χ0n) is 12.9. The van der Waals surface area contributed by atoms with Crippen molar-refractivity contribution in [3.63, 3.8) is 0 Å². The minimum Gasteiger partial charge on any atom is -0.346 e. The van der Waals surface area contributed by atoms with Gasteiger partial charge in [-0.1, -0.05) is 24.3 Å². The van der Waals surface area contributed by atoms with Gasteiger partial charge < -0.3 is 9.47 Å². The fourth-order valence-corrected chi connectivity index (χ4v) is 5.75. The first kappa shape index (κ1) is 12.7. The molecule has 3 atom stereocenters. The molecule has 2 aliphatic carbocycles. The lowest BCUT2D eigenvalue weighted by Gasteiger charge is -2.46. The minimum absolute atomic E-state index is 0.0677. The van der Waals surface area contributed by atoms with Crippen LogP contribution in [0.4, 0.5) is 0 Å². The molecule has 2 nitrogen and oxygen atoms in total. The Bertz CT molecular complexity index is 591. The Morgan fingerprint density at radius 1 is 1.19 bits per heavy atom. The molecule has 2 spiro atoms. The van der Waals surface area contributed by atoms with E-state index in [-0.39, 0.29) is 5.60 Å². The molecule has 3 fully saturated rings. The van der Waals surface area contributed by atoms with Crippen LogP contribution in [0.2, 0.25) is 0 Å². The van der Waals surface area contributed by atoms with Gasteiger partial charge in [-0.05, 0) is 55.9 Å². The fraction of sp³-hybridized carbons (Fsp3) is 0.684. The van der Waals surface area contributed by atoms with Gasteiger partial charge in [0.1, 0.15) is 0 Å². The highest BCUT2D eigenvalue weighted by Gasteiger charge is 2.69. The Morgan fingerprint density at radius 3 is 2.86 bits per heavy atom. The Hall–Kier alpha value is -0.860. The molecule has 0 radical (unpaired) electrons. The van der Waals surface area contributed by atoms with Crippen LogP contribution in [0.15, 0.2) is 24.3 Å². The van der Waals surface area contributed by atoms with Crippen molar-refractivity contribution in [2.45, 2.75) is 63.3 Å². The first-order valence-electron chi connectivity index (χ1n) is 8.65. The van der Waals surface area contributed by atoms with E-state index in [1.807, 2.05) is 0 Å². The highest BCUT2D eigenvalue weighted by atomic mass is 16.7. The van der Waals surface area contributed by atoms with E-state index in [1.54, 1.807) is 0 Å². The van der Waals surface area contributed by atoms with E-state index in [2.05, 4.69) is 31.2 Å². The lowest BCUT2D eigenvalue weighted by molar-refractivity contribution is -0.272. The smallest absolute Gasteiger partial charge is 0.196 e. The number of benzene rings is 1. The van der Waals surface area contributed by atoms with Crippen molar-refractivity contribution >= 4 is 0 Å². The molecule has 2 heterocycles. The van der Waals surface area contributed by atoms with Crippen molar-refractivity contribution in [2.24, 2.45) is 11.3 Å². The van der Waals surface area contributed by atoms with Crippen molar-refractivity contribution in [2.75, 3.05) is 6.61 Å². The van der Waals surface area contributed by atoms with E-state index < -0.39 is 5.79 Å². The molecule has 112 valence electrons. The van der Waals surface area contributed by atoms with Crippen LogP contribution in [0, 0.1) is 11.3 Å². The van der Waals surface area contributed by atoms with Crippen LogP contribution in [-0.2, 0) is 21.7 Å².